The summed E-state index contributed by atoms with van der Waals surface area (Å²) in [6.45, 7) is 3.70. The van der Waals surface area contributed by atoms with E-state index in [2.05, 4.69) is 0 Å². The number of aliphatic carboxylic acids is 1. The van der Waals surface area contributed by atoms with Gasteiger partial charge in [0.1, 0.15) is 0 Å². The maximum absolute atomic E-state index is 10.9. The molecule has 0 fully saturated rings. The van der Waals surface area contributed by atoms with E-state index in [0.29, 0.717) is 12.8 Å². The molecule has 0 spiro atoms. The quantitative estimate of drug-likeness (QED) is 0.635. The zero-order valence-electron chi connectivity index (χ0n) is 8.67. The van der Waals surface area contributed by atoms with Crippen molar-refractivity contribution < 1.29 is 14.7 Å². The number of unbranched alkanes of at least 4 members (excludes halogenated alkanes) is 1. The second-order valence-corrected chi connectivity index (χ2v) is 3.08. The minimum Gasteiger partial charge on any atom is -0.478 e. The zero-order valence-corrected chi connectivity index (χ0v) is 8.67. The molecule has 1 amide bonds. The first-order valence-electron chi connectivity index (χ1n) is 4.79. The van der Waals surface area contributed by atoms with Crippen LogP contribution in [-0.4, -0.2) is 17.0 Å². The van der Waals surface area contributed by atoms with Crippen LogP contribution in [0.4, 0.5) is 0 Å². The van der Waals surface area contributed by atoms with E-state index < -0.39 is 11.9 Å². The Balaban J connectivity index is 4.89. The van der Waals surface area contributed by atoms with Gasteiger partial charge in [-0.15, -0.1) is 0 Å². The summed E-state index contributed by atoms with van der Waals surface area (Å²) in [5, 5.41) is 8.88. The van der Waals surface area contributed by atoms with E-state index >= 15 is 0 Å². The lowest BCUT2D eigenvalue weighted by Crippen LogP contribution is -2.18. The van der Waals surface area contributed by atoms with E-state index in [-0.39, 0.29) is 11.1 Å². The summed E-state index contributed by atoms with van der Waals surface area (Å²) >= 11 is 0. The summed E-state index contributed by atoms with van der Waals surface area (Å²) in [5.41, 5.74) is 5.51. The normalized spacial score (nSPS) is 12.1. The van der Waals surface area contributed by atoms with E-state index in [1.807, 2.05) is 6.92 Å². The second-order valence-electron chi connectivity index (χ2n) is 3.08. The van der Waals surface area contributed by atoms with Crippen LogP contribution in [0.2, 0.25) is 0 Å². The third-order valence-electron chi connectivity index (χ3n) is 2.05. The molecule has 14 heavy (non-hydrogen) atoms. The Hall–Kier alpha value is -1.32. The van der Waals surface area contributed by atoms with Crippen molar-refractivity contribution in [2.45, 2.75) is 39.5 Å². The standard InChI is InChI=1S/C10H17NO3/c1-3-5-6-8(10(13)14)7(4-2)9(11)12/h3-6H2,1-2H3,(H2,11,12)(H,13,14)/b8-7-. The Morgan fingerprint density at radius 2 is 1.79 bits per heavy atom. The first kappa shape index (κ1) is 12.7. The van der Waals surface area contributed by atoms with E-state index in [9.17, 15) is 9.59 Å². The van der Waals surface area contributed by atoms with Gasteiger partial charge in [-0.1, -0.05) is 20.3 Å². The van der Waals surface area contributed by atoms with Gasteiger partial charge >= 0.3 is 5.97 Å². The maximum Gasteiger partial charge on any atom is 0.332 e. The predicted octanol–water partition coefficient (Wildman–Crippen LogP) is 1.45. The summed E-state index contributed by atoms with van der Waals surface area (Å²) < 4.78 is 0. The van der Waals surface area contributed by atoms with Crippen LogP contribution in [0.1, 0.15) is 39.5 Å². The number of carboxylic acid groups (broad SMARTS) is 1. The number of carboxylic acids is 1. The molecule has 0 heterocycles. The summed E-state index contributed by atoms with van der Waals surface area (Å²) in [5.74, 6) is -1.66. The Labute approximate surface area is 83.8 Å². The van der Waals surface area contributed by atoms with Crippen molar-refractivity contribution in [3.63, 3.8) is 0 Å². The van der Waals surface area contributed by atoms with E-state index in [1.54, 1.807) is 6.92 Å². The monoisotopic (exact) mass is 199 g/mol. The molecule has 4 nitrogen and oxygen atoms in total. The van der Waals surface area contributed by atoms with Crippen LogP contribution in [0.3, 0.4) is 0 Å². The fourth-order valence-corrected chi connectivity index (χ4v) is 1.28. The molecule has 0 aliphatic heterocycles. The first-order chi connectivity index (χ1) is 6.54. The van der Waals surface area contributed by atoms with Gasteiger partial charge in [-0.2, -0.15) is 0 Å². The highest BCUT2D eigenvalue weighted by Gasteiger charge is 2.16. The summed E-state index contributed by atoms with van der Waals surface area (Å²) in [7, 11) is 0. The van der Waals surface area contributed by atoms with Gasteiger partial charge in [0.15, 0.2) is 0 Å². The number of amides is 1. The molecule has 0 saturated heterocycles. The third kappa shape index (κ3) is 3.60. The van der Waals surface area contributed by atoms with Crippen LogP contribution in [-0.2, 0) is 9.59 Å². The van der Waals surface area contributed by atoms with Crippen LogP contribution in [0.15, 0.2) is 11.1 Å². The van der Waals surface area contributed by atoms with Gasteiger partial charge in [0.2, 0.25) is 5.91 Å². The van der Waals surface area contributed by atoms with Crippen molar-refractivity contribution in [1.82, 2.24) is 0 Å². The van der Waals surface area contributed by atoms with Crippen molar-refractivity contribution in [3.8, 4) is 0 Å². The highest BCUT2D eigenvalue weighted by Crippen LogP contribution is 2.15. The average molecular weight is 199 g/mol. The topological polar surface area (TPSA) is 80.4 Å². The first-order valence-corrected chi connectivity index (χ1v) is 4.79. The van der Waals surface area contributed by atoms with Gasteiger partial charge in [-0.05, 0) is 19.3 Å². The molecule has 3 N–H and O–H groups in total. The number of nitrogens with two attached hydrogens (primary N) is 1. The van der Waals surface area contributed by atoms with Crippen molar-refractivity contribution >= 4 is 11.9 Å². The molecule has 80 valence electrons. The van der Waals surface area contributed by atoms with E-state index in [1.165, 1.54) is 0 Å². The van der Waals surface area contributed by atoms with Gasteiger partial charge in [0.05, 0.1) is 0 Å². The molecule has 0 unspecified atom stereocenters. The van der Waals surface area contributed by atoms with Gasteiger partial charge in [0, 0.05) is 11.1 Å². The van der Waals surface area contributed by atoms with Gasteiger partial charge < -0.3 is 10.8 Å². The maximum atomic E-state index is 10.9. The largest absolute Gasteiger partial charge is 0.478 e. The molecule has 0 saturated carbocycles. The molecule has 0 radical (unpaired) electrons. The molecular formula is C10H17NO3. The summed E-state index contributed by atoms with van der Waals surface area (Å²) in [6, 6.07) is 0. The average Bonchev–Trinajstić information content (AvgIpc) is 2.10. The lowest BCUT2D eigenvalue weighted by atomic mass is 10.00. The highest BCUT2D eigenvalue weighted by atomic mass is 16.4. The Bertz CT molecular complexity index is 256. The van der Waals surface area contributed by atoms with Crippen LogP contribution < -0.4 is 5.73 Å². The molecular weight excluding hydrogens is 182 g/mol. The molecule has 0 atom stereocenters. The van der Waals surface area contributed by atoms with E-state index in [0.717, 1.165) is 12.8 Å². The molecule has 4 heteroatoms. The number of hydrogen-bond acceptors (Lipinski definition) is 2. The number of rotatable bonds is 6. The minimum atomic E-state index is -1.03. The SMILES string of the molecule is CCCC/C(C(=O)O)=C(\CC)C(N)=O. The van der Waals surface area contributed by atoms with Crippen LogP contribution in [0.5, 0.6) is 0 Å². The number of primary amides is 1. The zero-order chi connectivity index (χ0) is 11.1. The Morgan fingerprint density at radius 1 is 1.21 bits per heavy atom. The molecule has 0 aromatic heterocycles. The Kier molecular flexibility index (Phi) is 5.60. The predicted molar refractivity (Wildman–Crippen MR) is 53.7 cm³/mol. The van der Waals surface area contributed by atoms with Gasteiger partial charge in [-0.25, -0.2) is 4.79 Å². The number of hydrogen-bond donors (Lipinski definition) is 2. The molecule has 0 aliphatic rings. The molecule has 0 bridgehead atoms. The van der Waals surface area contributed by atoms with Gasteiger partial charge in [-0.3, -0.25) is 4.79 Å². The van der Waals surface area contributed by atoms with E-state index in [4.69, 9.17) is 10.8 Å². The Morgan fingerprint density at radius 3 is 2.07 bits per heavy atom. The molecule has 0 aromatic carbocycles. The lowest BCUT2D eigenvalue weighted by Gasteiger charge is -2.06. The molecule has 0 aromatic rings. The fourth-order valence-electron chi connectivity index (χ4n) is 1.28. The third-order valence-corrected chi connectivity index (χ3v) is 2.05. The van der Waals surface area contributed by atoms with Crippen molar-refractivity contribution in [2.24, 2.45) is 5.73 Å². The van der Waals surface area contributed by atoms with Crippen LogP contribution >= 0.6 is 0 Å². The van der Waals surface area contributed by atoms with Crippen LogP contribution in [0.25, 0.3) is 0 Å². The smallest absolute Gasteiger partial charge is 0.332 e. The van der Waals surface area contributed by atoms with Crippen molar-refractivity contribution in [2.75, 3.05) is 0 Å². The fraction of sp³-hybridized carbons (Fsp3) is 0.600. The van der Waals surface area contributed by atoms with Crippen LogP contribution in [0, 0.1) is 0 Å². The van der Waals surface area contributed by atoms with Crippen molar-refractivity contribution in [1.29, 1.82) is 0 Å². The number of carbonyl (C=O) groups is 2. The molecule has 0 rings (SSSR count). The second kappa shape index (κ2) is 6.18. The highest BCUT2D eigenvalue weighted by molar-refractivity contribution is 6.01. The summed E-state index contributed by atoms with van der Waals surface area (Å²) in [6.07, 6.45) is 2.45. The minimum absolute atomic E-state index is 0.168. The van der Waals surface area contributed by atoms with Crippen molar-refractivity contribution in [3.05, 3.63) is 11.1 Å². The molecule has 0 aliphatic carbocycles. The number of carbonyl (C=O) groups excluding carboxylic acids is 1. The summed E-state index contributed by atoms with van der Waals surface area (Å²) in [4.78, 5) is 21.8. The van der Waals surface area contributed by atoms with Gasteiger partial charge in [0.25, 0.3) is 0 Å². The lowest BCUT2D eigenvalue weighted by molar-refractivity contribution is -0.133.